The van der Waals surface area contributed by atoms with Crippen LogP contribution < -0.4 is 11.3 Å². The fourth-order valence-electron chi connectivity index (χ4n) is 2.26. The lowest BCUT2D eigenvalue weighted by Gasteiger charge is -2.24. The molecule has 1 aromatic rings. The van der Waals surface area contributed by atoms with Crippen molar-refractivity contribution in [3.63, 3.8) is 0 Å². The summed E-state index contributed by atoms with van der Waals surface area (Å²) in [5.74, 6) is 6.17. The second-order valence-electron chi connectivity index (χ2n) is 4.09. The van der Waals surface area contributed by atoms with E-state index in [0.717, 1.165) is 19.4 Å². The highest BCUT2D eigenvalue weighted by atomic mass is 32.1. The van der Waals surface area contributed by atoms with Gasteiger partial charge in [0.15, 0.2) is 0 Å². The zero-order valence-corrected chi connectivity index (χ0v) is 9.80. The van der Waals surface area contributed by atoms with Gasteiger partial charge < -0.3 is 4.74 Å². The Morgan fingerprint density at radius 2 is 2.60 bits per heavy atom. The average Bonchev–Trinajstić information content (AvgIpc) is 2.85. The standard InChI is InChI=1S/C11H18N2OS/c1-8-10(4-5-14-8)11(13-12)7-9-3-2-6-15-9/h2-3,6,8,10-11,13H,4-5,7,12H2,1H3. The quantitative estimate of drug-likeness (QED) is 0.605. The lowest BCUT2D eigenvalue weighted by atomic mass is 9.91. The Balaban J connectivity index is 1.97. The first-order valence-electron chi connectivity index (χ1n) is 5.41. The molecule has 0 saturated carbocycles. The second kappa shape index (κ2) is 5.07. The number of hydrazine groups is 1. The van der Waals surface area contributed by atoms with E-state index < -0.39 is 0 Å². The van der Waals surface area contributed by atoms with Crippen LogP contribution in [0.3, 0.4) is 0 Å². The SMILES string of the molecule is CC1OCCC1C(Cc1cccs1)NN. The molecule has 2 rings (SSSR count). The van der Waals surface area contributed by atoms with Crippen molar-refractivity contribution in [3.05, 3.63) is 22.4 Å². The zero-order chi connectivity index (χ0) is 10.7. The van der Waals surface area contributed by atoms with Crippen LogP contribution in [0.4, 0.5) is 0 Å². The van der Waals surface area contributed by atoms with Gasteiger partial charge in [-0.05, 0) is 31.2 Å². The molecule has 2 heterocycles. The van der Waals surface area contributed by atoms with E-state index in [9.17, 15) is 0 Å². The normalized spacial score (nSPS) is 28.1. The minimum Gasteiger partial charge on any atom is -0.378 e. The van der Waals surface area contributed by atoms with Crippen molar-refractivity contribution in [2.75, 3.05) is 6.61 Å². The summed E-state index contributed by atoms with van der Waals surface area (Å²) in [5.41, 5.74) is 2.94. The van der Waals surface area contributed by atoms with Gasteiger partial charge >= 0.3 is 0 Å². The Kier molecular flexibility index (Phi) is 3.75. The molecule has 3 N–H and O–H groups in total. The summed E-state index contributed by atoms with van der Waals surface area (Å²) in [5, 5.41) is 2.11. The number of ether oxygens (including phenoxy) is 1. The van der Waals surface area contributed by atoms with Crippen LogP contribution in [0.25, 0.3) is 0 Å². The van der Waals surface area contributed by atoms with Crippen molar-refractivity contribution >= 4 is 11.3 Å². The molecule has 0 bridgehead atoms. The maximum Gasteiger partial charge on any atom is 0.0591 e. The number of rotatable bonds is 4. The Hall–Kier alpha value is -0.420. The number of thiophene rings is 1. The predicted molar refractivity (Wildman–Crippen MR) is 62.7 cm³/mol. The molecular weight excluding hydrogens is 208 g/mol. The highest BCUT2D eigenvalue weighted by molar-refractivity contribution is 7.09. The van der Waals surface area contributed by atoms with Crippen LogP contribution in [0, 0.1) is 5.92 Å². The minimum absolute atomic E-state index is 0.325. The number of hydrogen-bond donors (Lipinski definition) is 2. The molecule has 1 fully saturated rings. The van der Waals surface area contributed by atoms with Crippen molar-refractivity contribution in [3.8, 4) is 0 Å². The highest BCUT2D eigenvalue weighted by Gasteiger charge is 2.31. The fourth-order valence-corrected chi connectivity index (χ4v) is 3.02. The van der Waals surface area contributed by atoms with Crippen LogP contribution in [0.2, 0.25) is 0 Å². The Morgan fingerprint density at radius 1 is 1.73 bits per heavy atom. The summed E-state index contributed by atoms with van der Waals surface area (Å²) in [6.07, 6.45) is 2.44. The van der Waals surface area contributed by atoms with E-state index in [0.29, 0.717) is 18.1 Å². The fraction of sp³-hybridized carbons (Fsp3) is 0.636. The first-order valence-corrected chi connectivity index (χ1v) is 6.29. The third-order valence-corrected chi connectivity index (χ3v) is 4.07. The largest absolute Gasteiger partial charge is 0.378 e. The Bertz CT molecular complexity index is 289. The van der Waals surface area contributed by atoms with Crippen molar-refractivity contribution in [2.24, 2.45) is 11.8 Å². The third-order valence-electron chi connectivity index (χ3n) is 3.17. The van der Waals surface area contributed by atoms with E-state index >= 15 is 0 Å². The lowest BCUT2D eigenvalue weighted by molar-refractivity contribution is 0.0955. The summed E-state index contributed by atoms with van der Waals surface area (Å²) in [7, 11) is 0. The van der Waals surface area contributed by atoms with E-state index in [2.05, 4.69) is 29.9 Å². The van der Waals surface area contributed by atoms with Crippen LogP contribution in [0.1, 0.15) is 18.2 Å². The molecule has 15 heavy (non-hydrogen) atoms. The average molecular weight is 226 g/mol. The van der Waals surface area contributed by atoms with E-state index in [-0.39, 0.29) is 0 Å². The van der Waals surface area contributed by atoms with Gasteiger partial charge in [0.1, 0.15) is 0 Å². The molecule has 0 spiro atoms. The van der Waals surface area contributed by atoms with Gasteiger partial charge in [-0.2, -0.15) is 0 Å². The summed E-state index contributed by atoms with van der Waals surface area (Å²) < 4.78 is 5.58. The van der Waals surface area contributed by atoms with Crippen LogP contribution in [-0.2, 0) is 11.2 Å². The van der Waals surface area contributed by atoms with Gasteiger partial charge in [-0.3, -0.25) is 11.3 Å². The number of hydrogen-bond acceptors (Lipinski definition) is 4. The molecule has 3 nitrogen and oxygen atoms in total. The highest BCUT2D eigenvalue weighted by Crippen LogP contribution is 2.26. The molecule has 1 saturated heterocycles. The predicted octanol–water partition coefficient (Wildman–Crippen LogP) is 1.55. The molecule has 1 aliphatic heterocycles. The first kappa shape index (κ1) is 11.1. The zero-order valence-electron chi connectivity index (χ0n) is 8.98. The van der Waals surface area contributed by atoms with Gasteiger partial charge in [0.25, 0.3) is 0 Å². The van der Waals surface area contributed by atoms with Gasteiger partial charge in [0.2, 0.25) is 0 Å². The number of nitrogens with one attached hydrogen (secondary N) is 1. The molecule has 1 aliphatic rings. The van der Waals surface area contributed by atoms with Crippen molar-refractivity contribution in [1.82, 2.24) is 5.43 Å². The topological polar surface area (TPSA) is 47.3 Å². The van der Waals surface area contributed by atoms with Crippen LogP contribution >= 0.6 is 11.3 Å². The molecule has 0 aromatic carbocycles. The summed E-state index contributed by atoms with van der Waals surface area (Å²) in [4.78, 5) is 1.39. The van der Waals surface area contributed by atoms with Crippen molar-refractivity contribution < 1.29 is 4.74 Å². The van der Waals surface area contributed by atoms with Crippen molar-refractivity contribution in [2.45, 2.75) is 31.9 Å². The van der Waals surface area contributed by atoms with E-state index in [1.165, 1.54) is 4.88 Å². The maximum atomic E-state index is 5.63. The second-order valence-corrected chi connectivity index (χ2v) is 5.12. The molecule has 1 aromatic heterocycles. The molecule has 3 unspecified atom stereocenters. The van der Waals surface area contributed by atoms with Crippen LogP contribution in [0.5, 0.6) is 0 Å². The molecule has 4 heteroatoms. The summed E-state index contributed by atoms with van der Waals surface area (Å²) in [6, 6.07) is 4.58. The summed E-state index contributed by atoms with van der Waals surface area (Å²) in [6.45, 7) is 3.00. The Morgan fingerprint density at radius 3 is 3.13 bits per heavy atom. The Labute approximate surface area is 94.6 Å². The van der Waals surface area contributed by atoms with Crippen LogP contribution in [-0.4, -0.2) is 18.8 Å². The lowest BCUT2D eigenvalue weighted by Crippen LogP contribution is -2.44. The van der Waals surface area contributed by atoms with Gasteiger partial charge in [-0.15, -0.1) is 11.3 Å². The van der Waals surface area contributed by atoms with E-state index in [4.69, 9.17) is 10.6 Å². The van der Waals surface area contributed by atoms with Gasteiger partial charge in [-0.25, -0.2) is 0 Å². The molecule has 0 amide bonds. The minimum atomic E-state index is 0.325. The first-order chi connectivity index (χ1) is 7.31. The van der Waals surface area contributed by atoms with E-state index in [1.807, 2.05) is 0 Å². The van der Waals surface area contributed by atoms with Crippen LogP contribution in [0.15, 0.2) is 17.5 Å². The molecule has 3 atom stereocenters. The molecular formula is C11H18N2OS. The van der Waals surface area contributed by atoms with Gasteiger partial charge in [0, 0.05) is 23.4 Å². The molecule has 0 radical (unpaired) electrons. The molecule has 84 valence electrons. The smallest absolute Gasteiger partial charge is 0.0591 e. The maximum absolute atomic E-state index is 5.63. The van der Waals surface area contributed by atoms with Crippen molar-refractivity contribution in [1.29, 1.82) is 0 Å². The van der Waals surface area contributed by atoms with Gasteiger partial charge in [0.05, 0.1) is 6.10 Å². The third kappa shape index (κ3) is 2.58. The molecule has 0 aliphatic carbocycles. The summed E-state index contributed by atoms with van der Waals surface area (Å²) >= 11 is 1.79. The monoisotopic (exact) mass is 226 g/mol. The van der Waals surface area contributed by atoms with E-state index in [1.54, 1.807) is 11.3 Å². The number of nitrogens with two attached hydrogens (primary N) is 1. The van der Waals surface area contributed by atoms with Gasteiger partial charge in [-0.1, -0.05) is 6.07 Å².